The molecule has 2 aromatic rings. The minimum Gasteiger partial charge on any atom is -0.487 e. The monoisotopic (exact) mass is 494 g/mol. The van der Waals surface area contributed by atoms with E-state index >= 15 is 0 Å². The third-order valence-electron chi connectivity index (χ3n) is 6.37. The number of sulfone groups is 1. The van der Waals surface area contributed by atoms with Crippen LogP contribution in [0, 0.1) is 24.5 Å². The van der Waals surface area contributed by atoms with Crippen LogP contribution in [0.15, 0.2) is 29.3 Å². The van der Waals surface area contributed by atoms with Crippen LogP contribution in [0.2, 0.25) is 0 Å². The highest BCUT2D eigenvalue weighted by molar-refractivity contribution is 7.90. The highest BCUT2D eigenvalue weighted by Gasteiger charge is 2.43. The van der Waals surface area contributed by atoms with Gasteiger partial charge in [0.05, 0.1) is 6.61 Å². The number of pyridine rings is 1. The Labute approximate surface area is 198 Å². The third kappa shape index (κ3) is 5.48. The molecule has 2 heterocycles. The summed E-state index contributed by atoms with van der Waals surface area (Å²) in [4.78, 5) is 17.9. The fourth-order valence-corrected chi connectivity index (χ4v) is 4.56. The van der Waals surface area contributed by atoms with Gasteiger partial charge >= 0.3 is 6.09 Å². The number of carbonyl (C=O) groups excluding carboxylic acids is 1. The SMILES string of the molecule is Cc1nc(S(C)(=O)=O)ccc1-c1cc(F)c(OCC2CCN(C(=O)OC3(C)CC3)CC2)c(F)c1. The van der Waals surface area contributed by atoms with E-state index in [1.54, 1.807) is 11.8 Å². The Morgan fingerprint density at radius 1 is 1.18 bits per heavy atom. The lowest BCUT2D eigenvalue weighted by molar-refractivity contribution is 0.0453. The summed E-state index contributed by atoms with van der Waals surface area (Å²) < 4.78 is 63.8. The van der Waals surface area contributed by atoms with E-state index in [1.165, 1.54) is 12.1 Å². The number of ether oxygens (including phenoxy) is 2. The maximum absolute atomic E-state index is 14.7. The molecule has 0 atom stereocenters. The number of aryl methyl sites for hydroxylation is 1. The van der Waals surface area contributed by atoms with Crippen molar-refractivity contribution in [3.05, 3.63) is 41.6 Å². The normalized spacial score (nSPS) is 18.0. The van der Waals surface area contributed by atoms with Gasteiger partial charge in [-0.3, -0.25) is 0 Å². The van der Waals surface area contributed by atoms with Crippen LogP contribution in [-0.2, 0) is 14.6 Å². The van der Waals surface area contributed by atoms with Gasteiger partial charge in [0.25, 0.3) is 0 Å². The zero-order valence-corrected chi connectivity index (χ0v) is 20.3. The molecule has 0 N–H and O–H groups in total. The number of rotatable bonds is 6. The fraction of sp³-hybridized carbons (Fsp3) is 0.500. The maximum atomic E-state index is 14.7. The number of nitrogens with zero attached hydrogens (tertiary/aromatic N) is 2. The number of amides is 1. The fourth-order valence-electron chi connectivity index (χ4n) is 3.94. The third-order valence-corrected chi connectivity index (χ3v) is 7.36. The first-order chi connectivity index (χ1) is 15.9. The molecular weight excluding hydrogens is 466 g/mol. The molecule has 0 unspecified atom stereocenters. The molecule has 1 saturated carbocycles. The molecule has 10 heteroatoms. The van der Waals surface area contributed by atoms with Gasteiger partial charge < -0.3 is 14.4 Å². The van der Waals surface area contributed by atoms with Gasteiger partial charge in [0, 0.05) is 30.6 Å². The van der Waals surface area contributed by atoms with Crippen molar-refractivity contribution in [2.75, 3.05) is 26.0 Å². The van der Waals surface area contributed by atoms with Crippen molar-refractivity contribution in [1.82, 2.24) is 9.88 Å². The summed E-state index contributed by atoms with van der Waals surface area (Å²) in [6.07, 6.45) is 3.84. The van der Waals surface area contributed by atoms with Crippen LogP contribution in [-0.4, -0.2) is 55.9 Å². The molecule has 0 radical (unpaired) electrons. The lowest BCUT2D eigenvalue weighted by Gasteiger charge is -2.32. The Kier molecular flexibility index (Phi) is 6.54. The van der Waals surface area contributed by atoms with Gasteiger partial charge in [-0.05, 0) is 75.3 Å². The minimum absolute atomic E-state index is 0.0639. The molecule has 2 fully saturated rings. The van der Waals surface area contributed by atoms with Crippen molar-refractivity contribution in [2.45, 2.75) is 50.2 Å². The molecule has 1 aliphatic heterocycles. The summed E-state index contributed by atoms with van der Waals surface area (Å²) >= 11 is 0. The van der Waals surface area contributed by atoms with Crippen LogP contribution in [0.5, 0.6) is 5.75 Å². The lowest BCUT2D eigenvalue weighted by Crippen LogP contribution is -2.41. The van der Waals surface area contributed by atoms with E-state index in [0.717, 1.165) is 31.2 Å². The van der Waals surface area contributed by atoms with Crippen LogP contribution in [0.3, 0.4) is 0 Å². The first-order valence-electron chi connectivity index (χ1n) is 11.2. The molecule has 1 amide bonds. The van der Waals surface area contributed by atoms with Crippen LogP contribution >= 0.6 is 0 Å². The Bertz CT molecular complexity index is 1180. The smallest absolute Gasteiger partial charge is 0.410 e. The van der Waals surface area contributed by atoms with E-state index in [-0.39, 0.29) is 34.8 Å². The highest BCUT2D eigenvalue weighted by atomic mass is 32.2. The molecule has 1 aliphatic carbocycles. The topological polar surface area (TPSA) is 85.8 Å². The number of hydrogen-bond donors (Lipinski definition) is 0. The summed E-state index contributed by atoms with van der Waals surface area (Å²) in [5.41, 5.74) is 0.693. The first-order valence-corrected chi connectivity index (χ1v) is 13.1. The van der Waals surface area contributed by atoms with Crippen molar-refractivity contribution < 1.29 is 31.5 Å². The Morgan fingerprint density at radius 3 is 2.32 bits per heavy atom. The average molecular weight is 495 g/mol. The standard InChI is InChI=1S/C24H28F2N2O5S/c1-15-18(4-5-21(27-15)34(3,30)31)17-12-19(25)22(20(26)13-17)32-14-16-6-10-28(11-7-16)23(29)33-24(2)8-9-24/h4-5,12-13,16H,6-11,14H2,1-3H3. The van der Waals surface area contributed by atoms with Crippen molar-refractivity contribution in [2.24, 2.45) is 5.92 Å². The maximum Gasteiger partial charge on any atom is 0.410 e. The largest absolute Gasteiger partial charge is 0.487 e. The van der Waals surface area contributed by atoms with E-state index in [9.17, 15) is 22.0 Å². The number of piperidine rings is 1. The molecule has 184 valence electrons. The van der Waals surface area contributed by atoms with E-state index in [1.807, 2.05) is 6.92 Å². The predicted molar refractivity (Wildman–Crippen MR) is 121 cm³/mol. The van der Waals surface area contributed by atoms with Crippen molar-refractivity contribution in [1.29, 1.82) is 0 Å². The number of likely N-dealkylation sites (tertiary alicyclic amines) is 1. The van der Waals surface area contributed by atoms with E-state index < -0.39 is 27.2 Å². The molecular formula is C24H28F2N2O5S. The van der Waals surface area contributed by atoms with Crippen molar-refractivity contribution >= 4 is 15.9 Å². The molecule has 1 aromatic heterocycles. The van der Waals surface area contributed by atoms with Crippen LogP contribution in [0.4, 0.5) is 13.6 Å². The zero-order chi connectivity index (χ0) is 24.7. The molecule has 2 aliphatic rings. The van der Waals surface area contributed by atoms with Crippen LogP contribution in [0.25, 0.3) is 11.1 Å². The Hall–Kier alpha value is -2.75. The molecule has 34 heavy (non-hydrogen) atoms. The molecule has 0 spiro atoms. The average Bonchev–Trinajstić information content (AvgIpc) is 3.49. The van der Waals surface area contributed by atoms with Crippen molar-refractivity contribution in [3.8, 4) is 16.9 Å². The first kappa shape index (κ1) is 24.4. The van der Waals surface area contributed by atoms with E-state index in [4.69, 9.17) is 9.47 Å². The van der Waals surface area contributed by atoms with Crippen LogP contribution in [0.1, 0.15) is 38.3 Å². The quantitative estimate of drug-likeness (QED) is 0.587. The predicted octanol–water partition coefficient (Wildman–Crippen LogP) is 4.52. The number of benzene rings is 1. The second-order valence-electron chi connectivity index (χ2n) is 9.38. The summed E-state index contributed by atoms with van der Waals surface area (Å²) in [6, 6.07) is 5.10. The molecule has 1 aromatic carbocycles. The van der Waals surface area contributed by atoms with Crippen LogP contribution < -0.4 is 4.74 Å². The number of halogens is 2. The van der Waals surface area contributed by atoms with Gasteiger partial charge in [0.15, 0.2) is 32.2 Å². The number of carbonyl (C=O) groups is 1. The number of aromatic nitrogens is 1. The molecule has 4 rings (SSSR count). The van der Waals surface area contributed by atoms with Gasteiger partial charge in [0.2, 0.25) is 0 Å². The summed E-state index contributed by atoms with van der Waals surface area (Å²) in [5, 5.41) is -0.101. The zero-order valence-electron chi connectivity index (χ0n) is 19.4. The molecule has 7 nitrogen and oxygen atoms in total. The minimum atomic E-state index is -3.49. The Balaban J connectivity index is 1.37. The van der Waals surface area contributed by atoms with Gasteiger partial charge in [-0.2, -0.15) is 0 Å². The van der Waals surface area contributed by atoms with E-state index in [0.29, 0.717) is 37.2 Å². The second-order valence-corrected chi connectivity index (χ2v) is 11.3. The van der Waals surface area contributed by atoms with Crippen molar-refractivity contribution in [3.63, 3.8) is 0 Å². The Morgan fingerprint density at radius 2 is 1.79 bits per heavy atom. The van der Waals surface area contributed by atoms with E-state index in [2.05, 4.69) is 4.98 Å². The summed E-state index contributed by atoms with van der Waals surface area (Å²) in [7, 11) is -3.49. The van der Waals surface area contributed by atoms with Gasteiger partial charge in [-0.25, -0.2) is 27.0 Å². The second kappa shape index (κ2) is 9.13. The number of hydrogen-bond acceptors (Lipinski definition) is 6. The van der Waals surface area contributed by atoms with Gasteiger partial charge in [-0.15, -0.1) is 0 Å². The highest BCUT2D eigenvalue weighted by Crippen LogP contribution is 2.39. The lowest BCUT2D eigenvalue weighted by atomic mass is 9.98. The molecule has 1 saturated heterocycles. The molecule has 0 bridgehead atoms. The summed E-state index contributed by atoms with van der Waals surface area (Å²) in [6.45, 7) is 4.67. The summed E-state index contributed by atoms with van der Waals surface area (Å²) in [5.74, 6) is -2.08. The van der Waals surface area contributed by atoms with Gasteiger partial charge in [-0.1, -0.05) is 0 Å². The van der Waals surface area contributed by atoms with Gasteiger partial charge in [0.1, 0.15) is 5.60 Å².